The second-order valence-corrected chi connectivity index (χ2v) is 7.37. The Morgan fingerprint density at radius 1 is 0.964 bits per heavy atom. The highest BCUT2D eigenvalue weighted by Crippen LogP contribution is 2.21. The van der Waals surface area contributed by atoms with Gasteiger partial charge in [0.05, 0.1) is 19.8 Å². The third-order valence-corrected chi connectivity index (χ3v) is 4.63. The lowest BCUT2D eigenvalue weighted by molar-refractivity contribution is -0.146. The fraction of sp³-hybridized carbons (Fsp3) is 0.652. The van der Waals surface area contributed by atoms with Gasteiger partial charge in [-0.1, -0.05) is 44.7 Å². The Hall–Kier alpha value is -2.04. The SMILES string of the molecule is CCCCCCCOc1ccc(CCC(COC(C)=O)COC(C)=O)cc1C. The molecule has 0 amide bonds. The Labute approximate surface area is 169 Å². The Morgan fingerprint density at radius 2 is 1.61 bits per heavy atom. The highest BCUT2D eigenvalue weighted by Gasteiger charge is 2.13. The number of carbonyl (C=O) groups excluding carboxylic acids is 2. The van der Waals surface area contributed by atoms with Crippen LogP contribution in [0.3, 0.4) is 0 Å². The number of unbranched alkanes of at least 4 members (excludes halogenated alkanes) is 4. The van der Waals surface area contributed by atoms with Crippen LogP contribution in [-0.4, -0.2) is 31.8 Å². The van der Waals surface area contributed by atoms with E-state index in [-0.39, 0.29) is 31.1 Å². The summed E-state index contributed by atoms with van der Waals surface area (Å²) in [5.74, 6) is 0.294. The topological polar surface area (TPSA) is 61.8 Å². The van der Waals surface area contributed by atoms with E-state index in [9.17, 15) is 9.59 Å². The van der Waals surface area contributed by atoms with Crippen LogP contribution in [0.25, 0.3) is 0 Å². The van der Waals surface area contributed by atoms with Crippen molar-refractivity contribution < 1.29 is 23.8 Å². The van der Waals surface area contributed by atoms with Gasteiger partial charge in [0.1, 0.15) is 5.75 Å². The Morgan fingerprint density at radius 3 is 2.18 bits per heavy atom. The van der Waals surface area contributed by atoms with Crippen molar-refractivity contribution in [3.8, 4) is 5.75 Å². The maximum absolute atomic E-state index is 11.1. The molecule has 0 unspecified atom stereocenters. The van der Waals surface area contributed by atoms with Gasteiger partial charge in [0.2, 0.25) is 0 Å². The molecule has 0 saturated carbocycles. The highest BCUT2D eigenvalue weighted by molar-refractivity contribution is 5.66. The molecule has 0 heterocycles. The molecule has 0 radical (unpaired) electrons. The molecule has 0 aromatic heterocycles. The lowest BCUT2D eigenvalue weighted by Crippen LogP contribution is -2.20. The lowest BCUT2D eigenvalue weighted by Gasteiger charge is -2.17. The predicted octanol–water partition coefficient (Wildman–Crippen LogP) is 5.02. The highest BCUT2D eigenvalue weighted by atomic mass is 16.5. The summed E-state index contributed by atoms with van der Waals surface area (Å²) in [6, 6.07) is 6.25. The summed E-state index contributed by atoms with van der Waals surface area (Å²) in [6.07, 6.45) is 7.74. The van der Waals surface area contributed by atoms with E-state index in [1.807, 2.05) is 6.07 Å². The normalized spacial score (nSPS) is 10.8. The first-order chi connectivity index (χ1) is 13.4. The molecule has 0 aliphatic heterocycles. The minimum absolute atomic E-state index is 0.00727. The largest absolute Gasteiger partial charge is 0.493 e. The molecular weight excluding hydrogens is 356 g/mol. The van der Waals surface area contributed by atoms with Gasteiger partial charge in [-0.2, -0.15) is 0 Å². The summed E-state index contributed by atoms with van der Waals surface area (Å²) >= 11 is 0. The van der Waals surface area contributed by atoms with Crippen molar-refractivity contribution in [2.24, 2.45) is 5.92 Å². The van der Waals surface area contributed by atoms with E-state index >= 15 is 0 Å². The van der Waals surface area contributed by atoms with E-state index in [0.29, 0.717) is 0 Å². The van der Waals surface area contributed by atoms with Crippen LogP contribution in [0.5, 0.6) is 5.75 Å². The van der Waals surface area contributed by atoms with Crippen molar-refractivity contribution in [2.45, 2.75) is 72.6 Å². The molecule has 0 N–H and O–H groups in total. The van der Waals surface area contributed by atoms with Crippen LogP contribution in [0.4, 0.5) is 0 Å². The molecule has 5 heteroatoms. The maximum Gasteiger partial charge on any atom is 0.302 e. The van der Waals surface area contributed by atoms with Crippen LogP contribution >= 0.6 is 0 Å². The molecule has 5 nitrogen and oxygen atoms in total. The van der Waals surface area contributed by atoms with Crippen LogP contribution in [0, 0.1) is 12.8 Å². The molecule has 0 aliphatic carbocycles. The molecular formula is C23H36O5. The van der Waals surface area contributed by atoms with Crippen LogP contribution < -0.4 is 4.74 Å². The standard InChI is InChI=1S/C23H36O5/c1-5-6-7-8-9-14-26-23-13-12-21(15-18(23)2)10-11-22(16-27-19(3)24)17-28-20(4)25/h12-13,15,22H,5-11,14,16-17H2,1-4H3. The third kappa shape index (κ3) is 11.0. The molecule has 0 bridgehead atoms. The van der Waals surface area contributed by atoms with Crippen molar-refractivity contribution in [1.29, 1.82) is 0 Å². The Bertz CT molecular complexity index is 579. The van der Waals surface area contributed by atoms with Gasteiger partial charge in [0.15, 0.2) is 0 Å². The molecule has 1 aromatic rings. The van der Waals surface area contributed by atoms with Gasteiger partial charge < -0.3 is 14.2 Å². The number of ether oxygens (including phenoxy) is 3. The van der Waals surface area contributed by atoms with Crippen molar-refractivity contribution >= 4 is 11.9 Å². The van der Waals surface area contributed by atoms with Crippen LogP contribution in [0.2, 0.25) is 0 Å². The number of aryl methyl sites for hydroxylation is 2. The average molecular weight is 393 g/mol. The van der Waals surface area contributed by atoms with Gasteiger partial charge in [-0.15, -0.1) is 0 Å². The van der Waals surface area contributed by atoms with Crippen molar-refractivity contribution in [2.75, 3.05) is 19.8 Å². The second kappa shape index (κ2) is 14.0. The van der Waals surface area contributed by atoms with Gasteiger partial charge in [-0.3, -0.25) is 9.59 Å². The second-order valence-electron chi connectivity index (χ2n) is 7.37. The number of rotatable bonds is 14. The van der Waals surface area contributed by atoms with Gasteiger partial charge in [0, 0.05) is 19.8 Å². The van der Waals surface area contributed by atoms with Crippen molar-refractivity contribution in [3.05, 3.63) is 29.3 Å². The first-order valence-corrected chi connectivity index (χ1v) is 10.4. The molecule has 0 spiro atoms. The van der Waals surface area contributed by atoms with E-state index in [1.54, 1.807) is 0 Å². The van der Waals surface area contributed by atoms with E-state index in [1.165, 1.54) is 45.1 Å². The van der Waals surface area contributed by atoms with E-state index in [0.717, 1.165) is 37.2 Å². The zero-order chi connectivity index (χ0) is 20.8. The zero-order valence-corrected chi connectivity index (χ0v) is 17.9. The summed E-state index contributed by atoms with van der Waals surface area (Å²) in [4.78, 5) is 22.1. The van der Waals surface area contributed by atoms with Crippen molar-refractivity contribution in [1.82, 2.24) is 0 Å². The van der Waals surface area contributed by atoms with Crippen molar-refractivity contribution in [3.63, 3.8) is 0 Å². The summed E-state index contributed by atoms with van der Waals surface area (Å²) in [6.45, 7) is 8.34. The minimum atomic E-state index is -0.320. The molecule has 0 aliphatic rings. The fourth-order valence-electron chi connectivity index (χ4n) is 2.97. The molecule has 0 fully saturated rings. The smallest absolute Gasteiger partial charge is 0.302 e. The third-order valence-electron chi connectivity index (χ3n) is 4.63. The average Bonchev–Trinajstić information content (AvgIpc) is 2.65. The summed E-state index contributed by atoms with van der Waals surface area (Å²) in [7, 11) is 0. The summed E-state index contributed by atoms with van der Waals surface area (Å²) in [5.41, 5.74) is 2.33. The quantitative estimate of drug-likeness (QED) is 0.329. The number of benzene rings is 1. The summed E-state index contributed by atoms with van der Waals surface area (Å²) in [5, 5.41) is 0. The molecule has 1 aromatic carbocycles. The first-order valence-electron chi connectivity index (χ1n) is 10.4. The molecule has 28 heavy (non-hydrogen) atoms. The Kier molecular flexibility index (Phi) is 12.0. The van der Waals surface area contributed by atoms with Crippen LogP contribution in [-0.2, 0) is 25.5 Å². The number of hydrogen-bond donors (Lipinski definition) is 0. The maximum atomic E-state index is 11.1. The van der Waals surface area contributed by atoms with Gasteiger partial charge in [0.25, 0.3) is 0 Å². The van der Waals surface area contributed by atoms with Gasteiger partial charge in [-0.05, 0) is 43.4 Å². The van der Waals surface area contributed by atoms with Crippen LogP contribution in [0.1, 0.15) is 70.4 Å². The predicted molar refractivity (Wildman–Crippen MR) is 111 cm³/mol. The summed E-state index contributed by atoms with van der Waals surface area (Å²) < 4.78 is 16.1. The first kappa shape index (κ1) is 24.0. The van der Waals surface area contributed by atoms with E-state index in [2.05, 4.69) is 26.0 Å². The molecule has 158 valence electrons. The van der Waals surface area contributed by atoms with E-state index in [4.69, 9.17) is 14.2 Å². The molecule has 0 atom stereocenters. The Balaban J connectivity index is 2.47. The van der Waals surface area contributed by atoms with Gasteiger partial charge in [-0.25, -0.2) is 0 Å². The monoisotopic (exact) mass is 392 g/mol. The fourth-order valence-corrected chi connectivity index (χ4v) is 2.97. The van der Waals surface area contributed by atoms with Crippen LogP contribution in [0.15, 0.2) is 18.2 Å². The minimum Gasteiger partial charge on any atom is -0.493 e. The lowest BCUT2D eigenvalue weighted by atomic mass is 9.99. The molecule has 1 rings (SSSR count). The number of esters is 2. The van der Waals surface area contributed by atoms with E-state index < -0.39 is 0 Å². The molecule has 0 saturated heterocycles. The van der Waals surface area contributed by atoms with Gasteiger partial charge >= 0.3 is 11.9 Å². The number of carbonyl (C=O) groups is 2. The number of hydrogen-bond acceptors (Lipinski definition) is 5. The zero-order valence-electron chi connectivity index (χ0n) is 17.9.